The fourth-order valence-corrected chi connectivity index (χ4v) is 2.15. The van der Waals surface area contributed by atoms with Crippen LogP contribution in [0.15, 0.2) is 39.8 Å². The van der Waals surface area contributed by atoms with Gasteiger partial charge in [0.15, 0.2) is 0 Å². The molecule has 106 valence electrons. The third kappa shape index (κ3) is 2.98. The molecule has 1 amide bonds. The molecule has 0 aliphatic heterocycles. The average Bonchev–Trinajstić information content (AvgIpc) is 2.76. The molecule has 0 spiro atoms. The van der Waals surface area contributed by atoms with Crippen molar-refractivity contribution in [2.45, 2.75) is 4.90 Å². The zero-order chi connectivity index (χ0) is 14.9. The Morgan fingerprint density at radius 3 is 2.55 bits per heavy atom. The molecular formula is C11H8ClFN2O4S. The van der Waals surface area contributed by atoms with Gasteiger partial charge in [0.2, 0.25) is 15.2 Å². The van der Waals surface area contributed by atoms with Crippen LogP contribution in [0.3, 0.4) is 0 Å². The van der Waals surface area contributed by atoms with E-state index in [-0.39, 0.29) is 16.5 Å². The number of rotatable bonds is 3. The van der Waals surface area contributed by atoms with E-state index >= 15 is 0 Å². The maximum absolute atomic E-state index is 13.7. The van der Waals surface area contributed by atoms with Gasteiger partial charge in [-0.25, -0.2) is 17.9 Å². The van der Waals surface area contributed by atoms with Crippen molar-refractivity contribution >= 4 is 33.2 Å². The largest absolute Gasteiger partial charge is 0.452 e. The number of primary sulfonamides is 1. The fraction of sp³-hybridized carbons (Fsp3) is 0. The minimum absolute atomic E-state index is 0.0292. The molecule has 1 aromatic heterocycles. The molecule has 1 aromatic carbocycles. The SMILES string of the molecule is NS(=O)(=O)c1ccc(NC(=O)c2ccoc2Cl)c(F)c1. The van der Waals surface area contributed by atoms with E-state index in [1.807, 2.05) is 0 Å². The van der Waals surface area contributed by atoms with Crippen LogP contribution in [0.2, 0.25) is 5.22 Å². The lowest BCUT2D eigenvalue weighted by atomic mass is 10.2. The minimum Gasteiger partial charge on any atom is -0.452 e. The molecule has 0 aliphatic rings. The Bertz CT molecular complexity index is 772. The molecule has 0 saturated carbocycles. The van der Waals surface area contributed by atoms with Crippen LogP contribution >= 0.6 is 11.6 Å². The van der Waals surface area contributed by atoms with Crippen LogP contribution in [0.25, 0.3) is 0 Å². The van der Waals surface area contributed by atoms with Gasteiger partial charge in [-0.05, 0) is 35.9 Å². The van der Waals surface area contributed by atoms with E-state index in [2.05, 4.69) is 5.32 Å². The number of carbonyl (C=O) groups is 1. The molecule has 20 heavy (non-hydrogen) atoms. The van der Waals surface area contributed by atoms with E-state index in [9.17, 15) is 17.6 Å². The summed E-state index contributed by atoms with van der Waals surface area (Å²) in [6, 6.07) is 4.18. The van der Waals surface area contributed by atoms with Gasteiger partial charge in [0, 0.05) is 0 Å². The second kappa shape index (κ2) is 5.23. The maximum atomic E-state index is 13.7. The van der Waals surface area contributed by atoms with Crippen molar-refractivity contribution < 1.29 is 22.0 Å². The summed E-state index contributed by atoms with van der Waals surface area (Å²) in [5, 5.41) is 6.97. The van der Waals surface area contributed by atoms with Gasteiger partial charge in [0.25, 0.3) is 5.91 Å². The first-order valence-corrected chi connectivity index (χ1v) is 7.08. The lowest BCUT2D eigenvalue weighted by molar-refractivity contribution is 0.102. The summed E-state index contributed by atoms with van der Waals surface area (Å²) in [6.45, 7) is 0. The summed E-state index contributed by atoms with van der Waals surface area (Å²) in [6.07, 6.45) is 1.21. The van der Waals surface area contributed by atoms with Crippen LogP contribution in [0, 0.1) is 5.82 Å². The van der Waals surface area contributed by atoms with Gasteiger partial charge in [0.1, 0.15) is 5.82 Å². The van der Waals surface area contributed by atoms with Crippen molar-refractivity contribution in [3.8, 4) is 0 Å². The summed E-state index contributed by atoms with van der Waals surface area (Å²) in [5.41, 5.74) is -0.179. The molecule has 0 saturated heterocycles. The standard InChI is InChI=1S/C11H8ClFN2O4S/c12-10-7(3-4-19-10)11(16)15-9-2-1-6(5-8(9)13)20(14,17)18/h1-5H,(H,15,16)(H2,14,17,18). The predicted molar refractivity (Wildman–Crippen MR) is 69.4 cm³/mol. The summed E-state index contributed by atoms with van der Waals surface area (Å²) in [7, 11) is -4.01. The summed E-state index contributed by atoms with van der Waals surface area (Å²) >= 11 is 5.61. The molecule has 2 rings (SSSR count). The molecular weight excluding hydrogens is 311 g/mol. The topological polar surface area (TPSA) is 102 Å². The molecule has 0 atom stereocenters. The monoisotopic (exact) mass is 318 g/mol. The summed E-state index contributed by atoms with van der Waals surface area (Å²) in [4.78, 5) is 11.4. The second-order valence-corrected chi connectivity index (χ2v) is 5.65. The van der Waals surface area contributed by atoms with Crippen LogP contribution < -0.4 is 10.5 Å². The molecule has 0 unspecified atom stereocenters. The normalized spacial score (nSPS) is 11.3. The zero-order valence-electron chi connectivity index (χ0n) is 9.76. The number of furan rings is 1. The molecule has 6 nitrogen and oxygen atoms in total. The molecule has 0 fully saturated rings. The van der Waals surface area contributed by atoms with Crippen molar-refractivity contribution in [3.05, 3.63) is 47.1 Å². The number of halogens is 2. The Morgan fingerprint density at radius 2 is 2.05 bits per heavy atom. The van der Waals surface area contributed by atoms with E-state index in [4.69, 9.17) is 21.2 Å². The number of sulfonamides is 1. The summed E-state index contributed by atoms with van der Waals surface area (Å²) in [5.74, 6) is -1.63. The molecule has 0 bridgehead atoms. The first-order valence-electron chi connectivity index (χ1n) is 5.16. The number of nitrogens with two attached hydrogens (primary N) is 1. The third-order valence-electron chi connectivity index (χ3n) is 2.38. The number of amides is 1. The Morgan fingerprint density at radius 1 is 1.35 bits per heavy atom. The lowest BCUT2D eigenvalue weighted by Gasteiger charge is -2.06. The quantitative estimate of drug-likeness (QED) is 0.903. The Kier molecular flexibility index (Phi) is 3.80. The number of nitrogens with one attached hydrogen (secondary N) is 1. The van der Waals surface area contributed by atoms with Crippen molar-refractivity contribution in [1.82, 2.24) is 0 Å². The zero-order valence-corrected chi connectivity index (χ0v) is 11.3. The summed E-state index contributed by atoms with van der Waals surface area (Å²) < 4.78 is 40.5. The van der Waals surface area contributed by atoms with Gasteiger partial charge in [-0.15, -0.1) is 0 Å². The number of anilines is 1. The third-order valence-corrected chi connectivity index (χ3v) is 3.58. The van der Waals surface area contributed by atoms with Gasteiger partial charge in [0.05, 0.1) is 22.4 Å². The number of hydrogen-bond donors (Lipinski definition) is 2. The lowest BCUT2D eigenvalue weighted by Crippen LogP contribution is -2.15. The van der Waals surface area contributed by atoms with Crippen molar-refractivity contribution in [2.24, 2.45) is 5.14 Å². The molecule has 1 heterocycles. The van der Waals surface area contributed by atoms with E-state index in [1.54, 1.807) is 0 Å². The van der Waals surface area contributed by atoms with E-state index in [1.165, 1.54) is 12.3 Å². The molecule has 3 N–H and O–H groups in total. The van der Waals surface area contributed by atoms with Gasteiger partial charge in [-0.2, -0.15) is 0 Å². The van der Waals surface area contributed by atoms with Crippen LogP contribution in [-0.4, -0.2) is 14.3 Å². The molecule has 9 heteroatoms. The highest BCUT2D eigenvalue weighted by Gasteiger charge is 2.16. The van der Waals surface area contributed by atoms with Crippen LogP contribution in [0.4, 0.5) is 10.1 Å². The number of hydrogen-bond acceptors (Lipinski definition) is 4. The average molecular weight is 319 g/mol. The number of carbonyl (C=O) groups excluding carboxylic acids is 1. The fourth-order valence-electron chi connectivity index (χ4n) is 1.42. The van der Waals surface area contributed by atoms with Gasteiger partial charge in [-0.3, -0.25) is 4.79 Å². The first-order chi connectivity index (χ1) is 9.29. The van der Waals surface area contributed by atoms with Crippen LogP contribution in [-0.2, 0) is 10.0 Å². The highest BCUT2D eigenvalue weighted by atomic mass is 35.5. The molecule has 2 aromatic rings. The van der Waals surface area contributed by atoms with E-state index in [0.29, 0.717) is 6.07 Å². The predicted octanol–water partition coefficient (Wildman–Crippen LogP) is 1.97. The van der Waals surface area contributed by atoms with E-state index in [0.717, 1.165) is 12.1 Å². The first kappa shape index (κ1) is 14.5. The Balaban J connectivity index is 2.27. The number of benzene rings is 1. The second-order valence-electron chi connectivity index (χ2n) is 3.75. The highest BCUT2D eigenvalue weighted by Crippen LogP contribution is 2.21. The van der Waals surface area contributed by atoms with Crippen molar-refractivity contribution in [2.75, 3.05) is 5.32 Å². The highest BCUT2D eigenvalue weighted by molar-refractivity contribution is 7.89. The molecule has 0 radical (unpaired) electrons. The van der Waals surface area contributed by atoms with Crippen molar-refractivity contribution in [1.29, 1.82) is 0 Å². The molecule has 0 aliphatic carbocycles. The van der Waals surface area contributed by atoms with Crippen molar-refractivity contribution in [3.63, 3.8) is 0 Å². The Hall–Kier alpha value is -1.90. The van der Waals surface area contributed by atoms with Gasteiger partial charge in [-0.1, -0.05) is 0 Å². The minimum atomic E-state index is -4.01. The Labute approximate surface area is 118 Å². The van der Waals surface area contributed by atoms with Gasteiger partial charge >= 0.3 is 0 Å². The van der Waals surface area contributed by atoms with E-state index < -0.39 is 26.6 Å². The van der Waals surface area contributed by atoms with Crippen LogP contribution in [0.5, 0.6) is 0 Å². The smallest absolute Gasteiger partial charge is 0.260 e. The van der Waals surface area contributed by atoms with Gasteiger partial charge < -0.3 is 9.73 Å². The van der Waals surface area contributed by atoms with Crippen LogP contribution in [0.1, 0.15) is 10.4 Å². The maximum Gasteiger partial charge on any atom is 0.260 e.